The van der Waals surface area contributed by atoms with Crippen LogP contribution in [0.25, 0.3) is 0 Å². The Labute approximate surface area is 102 Å². The van der Waals surface area contributed by atoms with Gasteiger partial charge in [-0.15, -0.1) is 0 Å². The number of benzene rings is 1. The summed E-state index contributed by atoms with van der Waals surface area (Å²) in [6, 6.07) is 8.79. The number of hydrogen-bond donors (Lipinski definition) is 0. The SMILES string of the molecule is CCCC#CC(C)OC(=O)Oc1ccccc1. The van der Waals surface area contributed by atoms with E-state index in [0.717, 1.165) is 12.8 Å². The van der Waals surface area contributed by atoms with Gasteiger partial charge in [-0.25, -0.2) is 4.79 Å². The summed E-state index contributed by atoms with van der Waals surface area (Å²) in [6.45, 7) is 3.76. The van der Waals surface area contributed by atoms with Crippen LogP contribution < -0.4 is 4.74 Å². The van der Waals surface area contributed by atoms with Crippen LogP contribution in [-0.2, 0) is 4.74 Å². The maximum Gasteiger partial charge on any atom is 0.515 e. The molecule has 0 aliphatic rings. The first kappa shape index (κ1) is 13.1. The van der Waals surface area contributed by atoms with Crippen LogP contribution in [-0.4, -0.2) is 12.3 Å². The maximum absolute atomic E-state index is 11.3. The minimum absolute atomic E-state index is 0.447. The van der Waals surface area contributed by atoms with Gasteiger partial charge in [0.25, 0.3) is 0 Å². The van der Waals surface area contributed by atoms with Gasteiger partial charge < -0.3 is 9.47 Å². The molecule has 0 heterocycles. The van der Waals surface area contributed by atoms with Crippen molar-refractivity contribution in [1.82, 2.24) is 0 Å². The molecule has 0 aliphatic heterocycles. The van der Waals surface area contributed by atoms with Crippen molar-refractivity contribution in [3.63, 3.8) is 0 Å². The average molecular weight is 232 g/mol. The molecule has 0 radical (unpaired) electrons. The molecule has 17 heavy (non-hydrogen) atoms. The normalized spacial score (nSPS) is 10.9. The molecule has 90 valence electrons. The van der Waals surface area contributed by atoms with E-state index in [2.05, 4.69) is 11.8 Å². The Morgan fingerprint density at radius 2 is 2.06 bits per heavy atom. The highest BCUT2D eigenvalue weighted by atomic mass is 16.7. The zero-order valence-corrected chi connectivity index (χ0v) is 10.1. The van der Waals surface area contributed by atoms with Crippen LogP contribution in [0.5, 0.6) is 5.75 Å². The molecule has 3 heteroatoms. The topological polar surface area (TPSA) is 35.5 Å². The molecule has 0 amide bonds. The van der Waals surface area contributed by atoms with Crippen LogP contribution in [0.1, 0.15) is 26.7 Å². The number of para-hydroxylation sites is 1. The second-order valence-corrected chi connectivity index (χ2v) is 3.50. The zero-order chi connectivity index (χ0) is 12.5. The molecule has 0 saturated heterocycles. The summed E-state index contributed by atoms with van der Waals surface area (Å²) in [5, 5.41) is 0. The van der Waals surface area contributed by atoms with Crippen LogP contribution in [0.3, 0.4) is 0 Å². The Balaban J connectivity index is 2.38. The quantitative estimate of drug-likeness (QED) is 0.455. The van der Waals surface area contributed by atoms with E-state index in [-0.39, 0.29) is 0 Å². The van der Waals surface area contributed by atoms with Gasteiger partial charge in [0, 0.05) is 6.42 Å². The molecule has 3 nitrogen and oxygen atoms in total. The van der Waals surface area contributed by atoms with Gasteiger partial charge in [0.15, 0.2) is 6.10 Å². The number of hydrogen-bond acceptors (Lipinski definition) is 3. The molecule has 1 atom stereocenters. The molecule has 1 unspecified atom stereocenters. The van der Waals surface area contributed by atoms with E-state index in [4.69, 9.17) is 9.47 Å². The van der Waals surface area contributed by atoms with Crippen molar-refractivity contribution in [3.05, 3.63) is 30.3 Å². The molecular formula is C14H16O3. The van der Waals surface area contributed by atoms with Crippen LogP contribution in [0.15, 0.2) is 30.3 Å². The molecule has 1 aromatic rings. The van der Waals surface area contributed by atoms with Crippen molar-refractivity contribution >= 4 is 6.16 Å². The molecule has 0 N–H and O–H groups in total. The molecule has 1 aromatic carbocycles. The molecule has 0 bridgehead atoms. The summed E-state index contributed by atoms with van der Waals surface area (Å²) >= 11 is 0. The van der Waals surface area contributed by atoms with Crippen LogP contribution >= 0.6 is 0 Å². The van der Waals surface area contributed by atoms with E-state index in [9.17, 15) is 4.79 Å². The predicted molar refractivity (Wildman–Crippen MR) is 65.7 cm³/mol. The van der Waals surface area contributed by atoms with Gasteiger partial charge in [0.2, 0.25) is 0 Å². The molecule has 0 aliphatic carbocycles. The fourth-order valence-electron chi connectivity index (χ4n) is 1.12. The number of unbranched alkanes of at least 4 members (excludes halogenated alkanes) is 1. The lowest BCUT2D eigenvalue weighted by molar-refractivity contribution is 0.0852. The molecule has 0 aromatic heterocycles. The first-order valence-electron chi connectivity index (χ1n) is 5.64. The first-order valence-corrected chi connectivity index (χ1v) is 5.64. The number of carbonyl (C=O) groups is 1. The van der Waals surface area contributed by atoms with Gasteiger partial charge >= 0.3 is 6.16 Å². The lowest BCUT2D eigenvalue weighted by Gasteiger charge is -2.07. The van der Waals surface area contributed by atoms with E-state index >= 15 is 0 Å². The van der Waals surface area contributed by atoms with Crippen LogP contribution in [0.2, 0.25) is 0 Å². The van der Waals surface area contributed by atoms with Gasteiger partial charge in [0.1, 0.15) is 5.75 Å². The third-order valence-corrected chi connectivity index (χ3v) is 1.90. The average Bonchev–Trinajstić information content (AvgIpc) is 2.30. The van der Waals surface area contributed by atoms with E-state index in [1.807, 2.05) is 13.0 Å². The second-order valence-electron chi connectivity index (χ2n) is 3.50. The van der Waals surface area contributed by atoms with Crippen molar-refractivity contribution in [1.29, 1.82) is 0 Å². The summed E-state index contributed by atoms with van der Waals surface area (Å²) < 4.78 is 9.93. The summed E-state index contributed by atoms with van der Waals surface area (Å²) in [6.07, 6.45) is 0.627. The van der Waals surface area contributed by atoms with E-state index in [1.54, 1.807) is 31.2 Å². The van der Waals surface area contributed by atoms with E-state index in [1.165, 1.54) is 0 Å². The Kier molecular flexibility index (Phi) is 5.67. The lowest BCUT2D eigenvalue weighted by atomic mass is 10.3. The van der Waals surface area contributed by atoms with E-state index < -0.39 is 12.3 Å². The second kappa shape index (κ2) is 7.34. The Bertz CT molecular complexity index is 400. The Morgan fingerprint density at radius 1 is 1.35 bits per heavy atom. The summed E-state index contributed by atoms with van der Waals surface area (Å²) in [5.41, 5.74) is 0. The third kappa shape index (κ3) is 5.62. The summed E-state index contributed by atoms with van der Waals surface area (Å²) in [4.78, 5) is 11.3. The first-order chi connectivity index (χ1) is 8.22. The molecule has 0 fully saturated rings. The molecule has 0 spiro atoms. The minimum Gasteiger partial charge on any atom is -0.418 e. The smallest absolute Gasteiger partial charge is 0.418 e. The largest absolute Gasteiger partial charge is 0.515 e. The molecule has 1 rings (SSSR count). The highest BCUT2D eigenvalue weighted by molar-refractivity contribution is 5.64. The zero-order valence-electron chi connectivity index (χ0n) is 10.1. The van der Waals surface area contributed by atoms with Gasteiger partial charge in [-0.1, -0.05) is 37.0 Å². The van der Waals surface area contributed by atoms with Gasteiger partial charge in [-0.05, 0) is 25.5 Å². The summed E-state index contributed by atoms with van der Waals surface area (Å²) in [5.74, 6) is 6.21. The van der Waals surface area contributed by atoms with Gasteiger partial charge in [-0.2, -0.15) is 0 Å². The van der Waals surface area contributed by atoms with Crippen molar-refractivity contribution in [2.24, 2.45) is 0 Å². The van der Waals surface area contributed by atoms with Crippen LogP contribution in [0, 0.1) is 11.8 Å². The minimum atomic E-state index is -0.727. The predicted octanol–water partition coefficient (Wildman–Crippen LogP) is 3.39. The summed E-state index contributed by atoms with van der Waals surface area (Å²) in [7, 11) is 0. The molecule has 0 saturated carbocycles. The number of carbonyl (C=O) groups excluding carboxylic acids is 1. The van der Waals surface area contributed by atoms with Crippen molar-refractivity contribution in [3.8, 4) is 17.6 Å². The Morgan fingerprint density at radius 3 is 2.71 bits per heavy atom. The van der Waals surface area contributed by atoms with Crippen molar-refractivity contribution in [2.75, 3.05) is 0 Å². The van der Waals surface area contributed by atoms with Gasteiger partial charge in [0.05, 0.1) is 0 Å². The Hall–Kier alpha value is -1.95. The number of rotatable bonds is 3. The fraction of sp³-hybridized carbons (Fsp3) is 0.357. The van der Waals surface area contributed by atoms with Crippen molar-refractivity contribution < 1.29 is 14.3 Å². The molecular weight excluding hydrogens is 216 g/mol. The van der Waals surface area contributed by atoms with Crippen molar-refractivity contribution in [2.45, 2.75) is 32.8 Å². The third-order valence-electron chi connectivity index (χ3n) is 1.90. The standard InChI is InChI=1S/C14H16O3/c1-3-4-6-9-12(2)16-14(15)17-13-10-7-5-8-11-13/h5,7-8,10-12H,3-4H2,1-2H3. The lowest BCUT2D eigenvalue weighted by Crippen LogP contribution is -2.16. The fourth-order valence-corrected chi connectivity index (χ4v) is 1.12. The van der Waals surface area contributed by atoms with Gasteiger partial charge in [-0.3, -0.25) is 0 Å². The monoisotopic (exact) mass is 232 g/mol. The number of ether oxygens (including phenoxy) is 2. The highest BCUT2D eigenvalue weighted by Crippen LogP contribution is 2.09. The highest BCUT2D eigenvalue weighted by Gasteiger charge is 2.08. The van der Waals surface area contributed by atoms with E-state index in [0.29, 0.717) is 5.75 Å². The maximum atomic E-state index is 11.3. The van der Waals surface area contributed by atoms with Crippen LogP contribution in [0.4, 0.5) is 4.79 Å².